The van der Waals surface area contributed by atoms with Crippen LogP contribution in [0.15, 0.2) is 12.1 Å². The first-order valence-electron chi connectivity index (χ1n) is 5.23. The van der Waals surface area contributed by atoms with Crippen molar-refractivity contribution in [3.63, 3.8) is 0 Å². The smallest absolute Gasteiger partial charge is 0.153 e. The van der Waals surface area contributed by atoms with Crippen LogP contribution >= 0.6 is 11.3 Å². The molecule has 1 heterocycles. The van der Waals surface area contributed by atoms with E-state index in [1.807, 2.05) is 0 Å². The molecule has 7 heteroatoms. The summed E-state index contributed by atoms with van der Waals surface area (Å²) < 4.78 is 39.8. The Balaban J connectivity index is 2.34. The fourth-order valence-electron chi connectivity index (χ4n) is 1.43. The van der Waals surface area contributed by atoms with Crippen LogP contribution in [0.3, 0.4) is 0 Å². The van der Waals surface area contributed by atoms with Crippen LogP contribution in [0.4, 0.5) is 13.2 Å². The molecular weight excluding hydrogens is 263 g/mol. The van der Waals surface area contributed by atoms with Crippen LogP contribution < -0.4 is 5.32 Å². The van der Waals surface area contributed by atoms with Crippen LogP contribution in [-0.2, 0) is 6.42 Å². The number of hydrogen-bond donors (Lipinski definition) is 1. The normalized spacial score (nSPS) is 10.9. The standard InChI is InChI=1S/C11H10F3N3S/c1-15-3-2-9-16-17-11(18-9)10-7(13)4-6(12)5-8(10)14/h4-5,15H,2-3H2,1H3. The highest BCUT2D eigenvalue weighted by atomic mass is 32.1. The summed E-state index contributed by atoms with van der Waals surface area (Å²) in [4.78, 5) is 0. The molecule has 0 amide bonds. The lowest BCUT2D eigenvalue weighted by molar-refractivity contribution is 0.547. The Morgan fingerprint density at radius 3 is 2.44 bits per heavy atom. The molecule has 0 aliphatic rings. The van der Waals surface area contributed by atoms with Gasteiger partial charge < -0.3 is 5.32 Å². The summed E-state index contributed by atoms with van der Waals surface area (Å²) in [6.45, 7) is 0.697. The molecule has 2 aromatic rings. The van der Waals surface area contributed by atoms with Crippen molar-refractivity contribution in [3.05, 3.63) is 34.6 Å². The summed E-state index contributed by atoms with van der Waals surface area (Å²) in [6, 6.07) is 1.26. The summed E-state index contributed by atoms with van der Waals surface area (Å²) in [5, 5.41) is 11.3. The molecule has 2 rings (SSSR count). The van der Waals surface area contributed by atoms with Gasteiger partial charge in [0.25, 0.3) is 0 Å². The van der Waals surface area contributed by atoms with Crippen molar-refractivity contribution in [1.82, 2.24) is 15.5 Å². The lowest BCUT2D eigenvalue weighted by Crippen LogP contribution is -2.09. The topological polar surface area (TPSA) is 37.8 Å². The van der Waals surface area contributed by atoms with Gasteiger partial charge in [-0.2, -0.15) is 0 Å². The fourth-order valence-corrected chi connectivity index (χ4v) is 2.32. The van der Waals surface area contributed by atoms with Gasteiger partial charge in [-0.1, -0.05) is 11.3 Å². The van der Waals surface area contributed by atoms with Crippen molar-refractivity contribution in [2.75, 3.05) is 13.6 Å². The first-order chi connectivity index (χ1) is 8.61. The van der Waals surface area contributed by atoms with Gasteiger partial charge in [-0.05, 0) is 7.05 Å². The molecule has 0 saturated carbocycles. The van der Waals surface area contributed by atoms with E-state index in [1.165, 1.54) is 0 Å². The van der Waals surface area contributed by atoms with E-state index in [2.05, 4.69) is 15.5 Å². The second-order valence-electron chi connectivity index (χ2n) is 3.60. The zero-order valence-corrected chi connectivity index (χ0v) is 10.3. The number of likely N-dealkylation sites (N-methyl/N-ethyl adjacent to an activating group) is 1. The number of nitrogens with zero attached hydrogens (tertiary/aromatic N) is 2. The summed E-state index contributed by atoms with van der Waals surface area (Å²) in [6.07, 6.45) is 0.624. The van der Waals surface area contributed by atoms with Crippen LogP contribution in [-0.4, -0.2) is 23.8 Å². The molecular formula is C11H10F3N3S. The third kappa shape index (κ3) is 2.68. The Bertz CT molecular complexity index is 533. The molecule has 1 aromatic heterocycles. The van der Waals surface area contributed by atoms with Gasteiger partial charge in [0.1, 0.15) is 22.5 Å². The van der Waals surface area contributed by atoms with E-state index in [0.29, 0.717) is 30.1 Å². The molecule has 0 atom stereocenters. The second-order valence-corrected chi connectivity index (χ2v) is 4.66. The van der Waals surface area contributed by atoms with Crippen molar-refractivity contribution in [3.8, 4) is 10.6 Å². The molecule has 0 unspecified atom stereocenters. The number of benzene rings is 1. The third-order valence-electron chi connectivity index (χ3n) is 2.28. The largest absolute Gasteiger partial charge is 0.319 e. The van der Waals surface area contributed by atoms with E-state index in [-0.39, 0.29) is 10.6 Å². The molecule has 0 spiro atoms. The number of hydrogen-bond acceptors (Lipinski definition) is 4. The van der Waals surface area contributed by atoms with Gasteiger partial charge >= 0.3 is 0 Å². The Morgan fingerprint density at radius 2 is 1.83 bits per heavy atom. The maximum absolute atomic E-state index is 13.5. The minimum absolute atomic E-state index is 0.121. The van der Waals surface area contributed by atoms with Gasteiger partial charge in [0, 0.05) is 25.1 Å². The van der Waals surface area contributed by atoms with Crippen LogP contribution in [0.1, 0.15) is 5.01 Å². The highest BCUT2D eigenvalue weighted by Crippen LogP contribution is 2.29. The van der Waals surface area contributed by atoms with Crippen molar-refractivity contribution < 1.29 is 13.2 Å². The molecule has 0 bridgehead atoms. The van der Waals surface area contributed by atoms with E-state index >= 15 is 0 Å². The SMILES string of the molecule is CNCCc1nnc(-c2c(F)cc(F)cc2F)s1. The average Bonchev–Trinajstić information content (AvgIpc) is 2.73. The Kier molecular flexibility index (Phi) is 3.93. The maximum atomic E-state index is 13.5. The second kappa shape index (κ2) is 5.45. The van der Waals surface area contributed by atoms with Crippen molar-refractivity contribution >= 4 is 11.3 Å². The molecule has 0 aliphatic heterocycles. The zero-order valence-electron chi connectivity index (χ0n) is 9.51. The highest BCUT2D eigenvalue weighted by molar-refractivity contribution is 7.14. The predicted molar refractivity (Wildman–Crippen MR) is 62.8 cm³/mol. The zero-order chi connectivity index (χ0) is 13.1. The number of nitrogens with one attached hydrogen (secondary N) is 1. The highest BCUT2D eigenvalue weighted by Gasteiger charge is 2.17. The molecule has 18 heavy (non-hydrogen) atoms. The lowest BCUT2D eigenvalue weighted by Gasteiger charge is -2.00. The summed E-state index contributed by atoms with van der Waals surface area (Å²) in [5.74, 6) is -2.89. The lowest BCUT2D eigenvalue weighted by atomic mass is 10.2. The van der Waals surface area contributed by atoms with E-state index in [1.54, 1.807) is 7.05 Å². The Morgan fingerprint density at radius 1 is 1.17 bits per heavy atom. The van der Waals surface area contributed by atoms with Crippen LogP contribution in [0, 0.1) is 17.5 Å². The predicted octanol–water partition coefficient (Wildman–Crippen LogP) is 2.38. The third-order valence-corrected chi connectivity index (χ3v) is 3.28. The summed E-state index contributed by atoms with van der Waals surface area (Å²) >= 11 is 1.10. The Labute approximate surface area is 106 Å². The van der Waals surface area contributed by atoms with Gasteiger partial charge in [-0.25, -0.2) is 13.2 Å². The molecule has 1 N–H and O–H groups in total. The molecule has 3 nitrogen and oxygen atoms in total. The molecule has 0 aliphatic carbocycles. The Hall–Kier alpha value is -1.47. The first kappa shape index (κ1) is 13.0. The average molecular weight is 273 g/mol. The minimum atomic E-state index is -0.969. The fraction of sp³-hybridized carbons (Fsp3) is 0.273. The van der Waals surface area contributed by atoms with Gasteiger partial charge in [0.15, 0.2) is 5.01 Å². The molecule has 1 aromatic carbocycles. The first-order valence-corrected chi connectivity index (χ1v) is 6.05. The molecule has 0 radical (unpaired) electrons. The number of aromatic nitrogens is 2. The molecule has 0 saturated heterocycles. The number of halogens is 3. The van der Waals surface area contributed by atoms with Crippen molar-refractivity contribution in [2.24, 2.45) is 0 Å². The van der Waals surface area contributed by atoms with E-state index < -0.39 is 17.5 Å². The quantitative estimate of drug-likeness (QED) is 0.929. The molecule has 0 fully saturated rings. The number of rotatable bonds is 4. The monoisotopic (exact) mass is 273 g/mol. The van der Waals surface area contributed by atoms with Crippen molar-refractivity contribution in [1.29, 1.82) is 0 Å². The van der Waals surface area contributed by atoms with E-state index in [4.69, 9.17) is 0 Å². The van der Waals surface area contributed by atoms with Crippen LogP contribution in [0.25, 0.3) is 10.6 Å². The van der Waals surface area contributed by atoms with Gasteiger partial charge in [-0.3, -0.25) is 0 Å². The summed E-state index contributed by atoms with van der Waals surface area (Å²) in [7, 11) is 1.79. The van der Waals surface area contributed by atoms with Crippen LogP contribution in [0.5, 0.6) is 0 Å². The van der Waals surface area contributed by atoms with E-state index in [0.717, 1.165) is 11.3 Å². The van der Waals surface area contributed by atoms with Gasteiger partial charge in [0.05, 0.1) is 5.56 Å². The van der Waals surface area contributed by atoms with Crippen LogP contribution in [0.2, 0.25) is 0 Å². The molecule has 96 valence electrons. The van der Waals surface area contributed by atoms with Gasteiger partial charge in [0.2, 0.25) is 0 Å². The summed E-state index contributed by atoms with van der Waals surface area (Å²) in [5.41, 5.74) is -0.329. The van der Waals surface area contributed by atoms with Crippen molar-refractivity contribution in [2.45, 2.75) is 6.42 Å². The van der Waals surface area contributed by atoms with E-state index in [9.17, 15) is 13.2 Å². The van der Waals surface area contributed by atoms with Gasteiger partial charge in [-0.15, -0.1) is 10.2 Å². The maximum Gasteiger partial charge on any atom is 0.153 e. The minimum Gasteiger partial charge on any atom is -0.319 e.